The molecule has 2 aromatic carbocycles. The Morgan fingerprint density at radius 2 is 1.80 bits per heavy atom. The highest BCUT2D eigenvalue weighted by atomic mass is 28.4. The van der Waals surface area contributed by atoms with Crippen LogP contribution in [0, 0.1) is 22.7 Å². The molecular formula is C36H46N6O3Si. The lowest BCUT2D eigenvalue weighted by Gasteiger charge is -2.39. The number of anilines is 3. The average molecular weight is 639 g/mol. The minimum atomic E-state index is -2.14. The molecule has 0 aliphatic carbocycles. The molecule has 1 aliphatic rings. The van der Waals surface area contributed by atoms with E-state index in [9.17, 15) is 15.3 Å². The summed E-state index contributed by atoms with van der Waals surface area (Å²) in [4.78, 5) is 24.4. The Balaban J connectivity index is 1.80. The Kier molecular flexibility index (Phi) is 9.68. The van der Waals surface area contributed by atoms with Crippen molar-refractivity contribution in [1.82, 2.24) is 9.97 Å². The van der Waals surface area contributed by atoms with Crippen molar-refractivity contribution in [3.05, 3.63) is 64.8 Å². The van der Waals surface area contributed by atoms with Crippen molar-refractivity contribution in [3.63, 3.8) is 0 Å². The van der Waals surface area contributed by atoms with Gasteiger partial charge in [0.05, 0.1) is 28.6 Å². The van der Waals surface area contributed by atoms with Crippen LogP contribution in [0.1, 0.15) is 84.1 Å². The molecule has 242 valence electrons. The molecule has 2 heterocycles. The number of ether oxygens (including phenoxy) is 1. The van der Waals surface area contributed by atoms with Crippen molar-refractivity contribution in [2.75, 3.05) is 23.4 Å². The summed E-state index contributed by atoms with van der Waals surface area (Å²) in [7, 11) is -2.14. The maximum Gasteiger partial charge on any atom is 0.414 e. The lowest BCUT2D eigenvalue weighted by Crippen LogP contribution is -2.46. The van der Waals surface area contributed by atoms with E-state index in [1.807, 2.05) is 45.0 Å². The van der Waals surface area contributed by atoms with Gasteiger partial charge >= 0.3 is 6.09 Å². The van der Waals surface area contributed by atoms with Crippen LogP contribution in [0.25, 0.3) is 11.3 Å². The maximum atomic E-state index is 13.5. The summed E-state index contributed by atoms with van der Waals surface area (Å²) in [6.45, 7) is 21.4. The number of nitrogens with zero attached hydrogens (tertiary/aromatic N) is 5. The maximum absolute atomic E-state index is 13.5. The van der Waals surface area contributed by atoms with Crippen LogP contribution in [0.2, 0.25) is 18.1 Å². The van der Waals surface area contributed by atoms with Crippen molar-refractivity contribution >= 4 is 31.7 Å². The number of carbonyl (C=O) groups is 1. The van der Waals surface area contributed by atoms with Crippen LogP contribution in [-0.4, -0.2) is 43.1 Å². The standard InChI is InChI=1S/C36H46N6O3Si/c1-11-12-25-14-13-24(20-37)17-30(25)41-32-39-16-15-29(40-32)26-18-27(21-38)31-28(19-26)36(8,23-44-46(9,10)35(5,6)7)22-42(31)33(43)45-34(2,3)4/h13-19H,11-12,22-23H2,1-10H3,(H,39,40,41)/t36-/m1/s1. The van der Waals surface area contributed by atoms with Crippen molar-refractivity contribution in [2.24, 2.45) is 0 Å². The predicted molar refractivity (Wildman–Crippen MR) is 185 cm³/mol. The number of benzene rings is 2. The molecule has 46 heavy (non-hydrogen) atoms. The summed E-state index contributed by atoms with van der Waals surface area (Å²) in [5.74, 6) is 0.378. The topological polar surface area (TPSA) is 124 Å². The Morgan fingerprint density at radius 1 is 1.09 bits per heavy atom. The van der Waals surface area contributed by atoms with Gasteiger partial charge in [-0.1, -0.05) is 47.1 Å². The molecule has 4 rings (SSSR count). The highest BCUT2D eigenvalue weighted by Gasteiger charge is 2.47. The van der Waals surface area contributed by atoms with Crippen molar-refractivity contribution in [1.29, 1.82) is 10.5 Å². The molecule has 1 aromatic heterocycles. The number of nitrogens with one attached hydrogen (secondary N) is 1. The SMILES string of the molecule is CCCc1ccc(C#N)cc1Nc1nccc(-c2cc(C#N)c3c(c2)[C@@](C)(CO[Si](C)(C)C(C)(C)C)CN3C(=O)OC(C)(C)C)n1. The molecule has 9 nitrogen and oxygen atoms in total. The highest BCUT2D eigenvalue weighted by molar-refractivity contribution is 6.74. The molecular weight excluding hydrogens is 593 g/mol. The van der Waals surface area contributed by atoms with Crippen LogP contribution in [0.5, 0.6) is 0 Å². The number of aromatic nitrogens is 2. The summed E-state index contributed by atoms with van der Waals surface area (Å²) in [5, 5.41) is 23.2. The summed E-state index contributed by atoms with van der Waals surface area (Å²) < 4.78 is 12.5. The van der Waals surface area contributed by atoms with Crippen LogP contribution in [0.15, 0.2) is 42.6 Å². The van der Waals surface area contributed by atoms with Gasteiger partial charge in [0.25, 0.3) is 0 Å². The van der Waals surface area contributed by atoms with Gasteiger partial charge in [0, 0.05) is 36.0 Å². The Morgan fingerprint density at radius 3 is 2.41 bits per heavy atom. The largest absolute Gasteiger partial charge is 0.443 e. The van der Waals surface area contributed by atoms with E-state index in [0.29, 0.717) is 41.6 Å². The van der Waals surface area contributed by atoms with Gasteiger partial charge < -0.3 is 14.5 Å². The zero-order valence-electron chi connectivity index (χ0n) is 28.8. The van der Waals surface area contributed by atoms with Crippen LogP contribution in [0.3, 0.4) is 0 Å². The van der Waals surface area contributed by atoms with Crippen molar-refractivity contribution in [2.45, 2.75) is 97.4 Å². The Bertz CT molecular complexity index is 1710. The van der Waals surface area contributed by atoms with Gasteiger partial charge in [0.2, 0.25) is 5.95 Å². The first kappa shape index (κ1) is 34.6. The average Bonchev–Trinajstić information content (AvgIpc) is 3.28. The summed E-state index contributed by atoms with van der Waals surface area (Å²) in [6.07, 6.45) is 2.97. The molecule has 1 aliphatic heterocycles. The Labute approximate surface area is 274 Å². The van der Waals surface area contributed by atoms with Gasteiger partial charge in [0.1, 0.15) is 11.7 Å². The second-order valence-electron chi connectivity index (χ2n) is 14.8. The molecule has 3 aromatic rings. The number of carbonyl (C=O) groups excluding carboxylic acids is 1. The van der Waals surface area contributed by atoms with E-state index in [4.69, 9.17) is 14.1 Å². The third-order valence-corrected chi connectivity index (χ3v) is 13.3. The number of hydrogen-bond donors (Lipinski definition) is 1. The van der Waals surface area contributed by atoms with E-state index >= 15 is 0 Å². The fraction of sp³-hybridized carbons (Fsp3) is 0.472. The number of nitriles is 2. The fourth-order valence-electron chi connectivity index (χ4n) is 5.23. The lowest BCUT2D eigenvalue weighted by atomic mass is 9.83. The van der Waals surface area contributed by atoms with E-state index in [1.54, 1.807) is 23.2 Å². The van der Waals surface area contributed by atoms with Crippen LogP contribution in [-0.2, 0) is 21.0 Å². The van der Waals surface area contributed by atoms with Crippen LogP contribution < -0.4 is 10.2 Å². The van der Waals surface area contributed by atoms with Crippen LogP contribution in [0.4, 0.5) is 22.1 Å². The van der Waals surface area contributed by atoms with Gasteiger partial charge in [-0.15, -0.1) is 0 Å². The first-order valence-electron chi connectivity index (χ1n) is 15.8. The van der Waals surface area contributed by atoms with Crippen molar-refractivity contribution < 1.29 is 14.0 Å². The molecule has 0 bridgehead atoms. The number of amides is 1. The zero-order chi connectivity index (χ0) is 34.1. The van der Waals surface area contributed by atoms with Gasteiger partial charge in [-0.2, -0.15) is 10.5 Å². The number of hydrogen-bond acceptors (Lipinski definition) is 8. The first-order chi connectivity index (χ1) is 21.4. The fourth-order valence-corrected chi connectivity index (χ4v) is 6.35. The second-order valence-corrected chi connectivity index (χ2v) is 19.6. The van der Waals surface area contributed by atoms with E-state index < -0.39 is 25.4 Å². The van der Waals surface area contributed by atoms with Gasteiger partial charge in [-0.3, -0.25) is 4.90 Å². The molecule has 0 fully saturated rings. The number of fused-ring (bicyclic) bond motifs is 1. The monoisotopic (exact) mass is 638 g/mol. The minimum absolute atomic E-state index is 0.00339. The molecule has 1 amide bonds. The third-order valence-electron chi connectivity index (χ3n) is 8.79. The van der Waals surface area contributed by atoms with Gasteiger partial charge in [-0.25, -0.2) is 14.8 Å². The van der Waals surface area contributed by atoms with E-state index in [-0.39, 0.29) is 5.04 Å². The van der Waals surface area contributed by atoms with Crippen LogP contribution >= 0.6 is 0 Å². The van der Waals surface area contributed by atoms with E-state index in [2.05, 4.69) is 70.2 Å². The van der Waals surface area contributed by atoms with Gasteiger partial charge in [0.15, 0.2) is 8.32 Å². The molecule has 1 atom stereocenters. The predicted octanol–water partition coefficient (Wildman–Crippen LogP) is 8.62. The molecule has 1 N–H and O–H groups in total. The smallest absolute Gasteiger partial charge is 0.414 e. The minimum Gasteiger partial charge on any atom is -0.443 e. The summed E-state index contributed by atoms with van der Waals surface area (Å²) >= 11 is 0. The second kappa shape index (κ2) is 12.9. The molecule has 0 saturated carbocycles. The molecule has 0 radical (unpaired) electrons. The third kappa shape index (κ3) is 7.41. The first-order valence-corrected chi connectivity index (χ1v) is 18.7. The van der Waals surface area contributed by atoms with Gasteiger partial charge in [-0.05, 0) is 86.8 Å². The number of rotatable bonds is 8. The lowest BCUT2D eigenvalue weighted by molar-refractivity contribution is 0.0575. The van der Waals surface area contributed by atoms with E-state index in [0.717, 1.165) is 35.2 Å². The quantitative estimate of drug-likeness (QED) is 0.243. The Hall–Kier alpha value is -4.25. The number of aryl methyl sites for hydroxylation is 1. The zero-order valence-corrected chi connectivity index (χ0v) is 29.8. The summed E-state index contributed by atoms with van der Waals surface area (Å²) in [5.41, 5.74) is 4.18. The molecule has 0 saturated heterocycles. The normalized spacial score (nSPS) is 16.4. The molecule has 0 spiro atoms. The molecule has 10 heteroatoms. The van der Waals surface area contributed by atoms with E-state index in [1.165, 1.54) is 0 Å². The summed E-state index contributed by atoms with van der Waals surface area (Å²) in [6, 6.07) is 15.7. The van der Waals surface area contributed by atoms with Crippen molar-refractivity contribution in [3.8, 4) is 23.4 Å². The highest BCUT2D eigenvalue weighted by Crippen LogP contribution is 2.47. The molecule has 0 unspecified atom stereocenters.